The monoisotopic (exact) mass is 293 g/mol. The third-order valence-electron chi connectivity index (χ3n) is 2.89. The molecule has 0 atom stereocenters. The SMILES string of the molecule is N#Cc1ccc(SCc2nnnn2-c2ccccc2)cc1. The Hall–Kier alpha value is -2.65. The molecule has 1 heterocycles. The van der Waals surface area contributed by atoms with Crippen LogP contribution in [0.3, 0.4) is 0 Å². The summed E-state index contributed by atoms with van der Waals surface area (Å²) >= 11 is 1.63. The molecule has 0 aliphatic heterocycles. The molecule has 0 saturated carbocycles. The highest BCUT2D eigenvalue weighted by Gasteiger charge is 2.08. The second-order valence-corrected chi connectivity index (χ2v) is 5.32. The van der Waals surface area contributed by atoms with Gasteiger partial charge in [0.2, 0.25) is 0 Å². The molecule has 0 unspecified atom stereocenters. The van der Waals surface area contributed by atoms with E-state index in [2.05, 4.69) is 21.6 Å². The quantitative estimate of drug-likeness (QED) is 0.692. The second-order valence-electron chi connectivity index (χ2n) is 4.27. The highest BCUT2D eigenvalue weighted by molar-refractivity contribution is 7.98. The molecule has 2 aromatic carbocycles. The third-order valence-corrected chi connectivity index (χ3v) is 3.89. The van der Waals surface area contributed by atoms with Crippen molar-refractivity contribution in [3.63, 3.8) is 0 Å². The van der Waals surface area contributed by atoms with Crippen molar-refractivity contribution >= 4 is 11.8 Å². The molecular formula is C15H11N5S. The van der Waals surface area contributed by atoms with Gasteiger partial charge in [-0.05, 0) is 46.8 Å². The first-order valence-electron chi connectivity index (χ1n) is 6.32. The molecule has 102 valence electrons. The van der Waals surface area contributed by atoms with Gasteiger partial charge in [-0.1, -0.05) is 18.2 Å². The minimum absolute atomic E-state index is 0.661. The lowest BCUT2D eigenvalue weighted by Crippen LogP contribution is -2.01. The predicted molar refractivity (Wildman–Crippen MR) is 79.9 cm³/mol. The predicted octanol–water partition coefficient (Wildman–Crippen LogP) is 2.83. The molecule has 0 fully saturated rings. The summed E-state index contributed by atoms with van der Waals surface area (Å²) in [5, 5.41) is 20.6. The summed E-state index contributed by atoms with van der Waals surface area (Å²) in [5.41, 5.74) is 1.60. The lowest BCUT2D eigenvalue weighted by atomic mass is 10.2. The lowest BCUT2D eigenvalue weighted by Gasteiger charge is -2.04. The van der Waals surface area contributed by atoms with Crippen LogP contribution in [0.5, 0.6) is 0 Å². The molecule has 0 aliphatic rings. The van der Waals surface area contributed by atoms with Crippen molar-refractivity contribution in [2.24, 2.45) is 0 Å². The average molecular weight is 293 g/mol. The molecule has 0 amide bonds. The van der Waals surface area contributed by atoms with Gasteiger partial charge in [0.05, 0.1) is 23.1 Å². The summed E-state index contributed by atoms with van der Waals surface area (Å²) in [6.45, 7) is 0. The minimum atomic E-state index is 0.661. The maximum Gasteiger partial charge on any atom is 0.166 e. The van der Waals surface area contributed by atoms with Crippen molar-refractivity contribution in [2.45, 2.75) is 10.6 Å². The fraction of sp³-hybridized carbons (Fsp3) is 0.0667. The van der Waals surface area contributed by atoms with E-state index in [1.165, 1.54) is 0 Å². The fourth-order valence-corrected chi connectivity index (χ4v) is 2.64. The number of thioether (sulfide) groups is 1. The second kappa shape index (κ2) is 6.20. The zero-order chi connectivity index (χ0) is 14.5. The van der Waals surface area contributed by atoms with Gasteiger partial charge in [0.25, 0.3) is 0 Å². The zero-order valence-electron chi connectivity index (χ0n) is 11.0. The molecule has 6 heteroatoms. The van der Waals surface area contributed by atoms with Crippen LogP contribution in [0.25, 0.3) is 5.69 Å². The van der Waals surface area contributed by atoms with Crippen LogP contribution in [0.2, 0.25) is 0 Å². The normalized spacial score (nSPS) is 10.2. The first-order valence-corrected chi connectivity index (χ1v) is 7.31. The number of tetrazole rings is 1. The van der Waals surface area contributed by atoms with E-state index in [-0.39, 0.29) is 0 Å². The van der Waals surface area contributed by atoms with E-state index in [4.69, 9.17) is 5.26 Å². The highest BCUT2D eigenvalue weighted by Crippen LogP contribution is 2.22. The Morgan fingerprint density at radius 2 is 1.81 bits per heavy atom. The number of nitrogens with zero attached hydrogens (tertiary/aromatic N) is 5. The summed E-state index contributed by atoms with van der Waals surface area (Å²) in [6, 6.07) is 19.4. The Morgan fingerprint density at radius 3 is 2.52 bits per heavy atom. The largest absolute Gasteiger partial charge is 0.196 e. The standard InChI is InChI=1S/C15H11N5S/c16-10-12-6-8-14(9-7-12)21-11-15-17-18-19-20(15)13-4-2-1-3-5-13/h1-9H,11H2. The molecule has 0 spiro atoms. The molecule has 0 bridgehead atoms. The maximum atomic E-state index is 8.78. The topological polar surface area (TPSA) is 67.4 Å². The summed E-state index contributed by atoms with van der Waals surface area (Å²) in [7, 11) is 0. The molecule has 1 aromatic heterocycles. The molecule has 0 aliphatic carbocycles. The van der Waals surface area contributed by atoms with Gasteiger partial charge < -0.3 is 0 Å². The van der Waals surface area contributed by atoms with Crippen molar-refractivity contribution in [2.75, 3.05) is 0 Å². The van der Waals surface area contributed by atoms with Gasteiger partial charge in [0.15, 0.2) is 5.82 Å². The molecule has 3 rings (SSSR count). The molecular weight excluding hydrogens is 282 g/mol. The van der Waals surface area contributed by atoms with Gasteiger partial charge in [-0.25, -0.2) is 0 Å². The van der Waals surface area contributed by atoms with Crippen LogP contribution >= 0.6 is 11.8 Å². The molecule has 0 N–H and O–H groups in total. The number of hydrogen-bond donors (Lipinski definition) is 0. The number of hydrogen-bond acceptors (Lipinski definition) is 5. The Labute approximate surface area is 126 Å². The Bertz CT molecular complexity index is 759. The summed E-state index contributed by atoms with van der Waals surface area (Å²) in [4.78, 5) is 1.08. The van der Waals surface area contributed by atoms with E-state index < -0.39 is 0 Å². The Kier molecular flexibility index (Phi) is 3.94. The average Bonchev–Trinajstić information content (AvgIpc) is 3.03. The van der Waals surface area contributed by atoms with E-state index in [1.807, 2.05) is 54.6 Å². The van der Waals surface area contributed by atoms with Crippen molar-refractivity contribution < 1.29 is 0 Å². The van der Waals surface area contributed by atoms with E-state index in [1.54, 1.807) is 16.4 Å². The van der Waals surface area contributed by atoms with E-state index in [9.17, 15) is 0 Å². The van der Waals surface area contributed by atoms with E-state index in [0.29, 0.717) is 11.3 Å². The van der Waals surface area contributed by atoms with E-state index in [0.717, 1.165) is 16.4 Å². The summed E-state index contributed by atoms with van der Waals surface area (Å²) in [6.07, 6.45) is 0. The third kappa shape index (κ3) is 3.09. The van der Waals surface area contributed by atoms with Crippen molar-refractivity contribution in [3.05, 3.63) is 66.0 Å². The first-order chi connectivity index (χ1) is 10.4. The van der Waals surface area contributed by atoms with Crippen molar-refractivity contribution in [1.29, 1.82) is 5.26 Å². The number of nitriles is 1. The van der Waals surface area contributed by atoms with Crippen molar-refractivity contribution in [3.8, 4) is 11.8 Å². The molecule has 0 radical (unpaired) electrons. The number of aromatic nitrogens is 4. The molecule has 21 heavy (non-hydrogen) atoms. The maximum absolute atomic E-state index is 8.78. The van der Waals surface area contributed by atoms with Gasteiger partial charge in [0.1, 0.15) is 0 Å². The molecule has 0 saturated heterocycles. The smallest absolute Gasteiger partial charge is 0.166 e. The van der Waals surface area contributed by atoms with Crippen LogP contribution < -0.4 is 0 Å². The van der Waals surface area contributed by atoms with Crippen LogP contribution in [-0.2, 0) is 5.75 Å². The van der Waals surface area contributed by atoms with Crippen LogP contribution in [0.15, 0.2) is 59.5 Å². The zero-order valence-corrected chi connectivity index (χ0v) is 11.9. The summed E-state index contributed by atoms with van der Waals surface area (Å²) < 4.78 is 1.73. The van der Waals surface area contributed by atoms with Crippen LogP contribution in [0.4, 0.5) is 0 Å². The fourth-order valence-electron chi connectivity index (χ4n) is 1.84. The van der Waals surface area contributed by atoms with Gasteiger partial charge in [-0.2, -0.15) is 9.94 Å². The highest BCUT2D eigenvalue weighted by atomic mass is 32.2. The van der Waals surface area contributed by atoms with Crippen LogP contribution in [0, 0.1) is 11.3 Å². The van der Waals surface area contributed by atoms with Gasteiger partial charge in [-0.15, -0.1) is 16.9 Å². The van der Waals surface area contributed by atoms with Crippen LogP contribution in [0.1, 0.15) is 11.4 Å². The summed E-state index contributed by atoms with van der Waals surface area (Å²) in [5.74, 6) is 1.45. The van der Waals surface area contributed by atoms with Gasteiger partial charge >= 0.3 is 0 Å². The number of para-hydroxylation sites is 1. The lowest BCUT2D eigenvalue weighted by molar-refractivity contribution is 0.777. The molecule has 3 aromatic rings. The first kappa shape index (κ1) is 13.3. The Morgan fingerprint density at radius 1 is 1.05 bits per heavy atom. The van der Waals surface area contributed by atoms with Crippen LogP contribution in [-0.4, -0.2) is 20.2 Å². The molecule has 5 nitrogen and oxygen atoms in total. The number of rotatable bonds is 4. The van der Waals surface area contributed by atoms with Crippen molar-refractivity contribution in [1.82, 2.24) is 20.2 Å². The Balaban J connectivity index is 1.74. The van der Waals surface area contributed by atoms with Gasteiger partial charge in [0, 0.05) is 4.90 Å². The van der Waals surface area contributed by atoms with Gasteiger partial charge in [-0.3, -0.25) is 0 Å². The number of benzene rings is 2. The van der Waals surface area contributed by atoms with E-state index >= 15 is 0 Å². The minimum Gasteiger partial charge on any atom is -0.196 e.